The number of nitrogens with one attached hydrogen (secondary N) is 1. The van der Waals surface area contributed by atoms with Crippen LogP contribution in [-0.4, -0.2) is 17.7 Å². The summed E-state index contributed by atoms with van der Waals surface area (Å²) in [5.74, 6) is 0. The normalized spacial score (nSPS) is 20.3. The topological polar surface area (TPSA) is 25.0 Å². The number of rotatable bonds is 3. The lowest BCUT2D eigenvalue weighted by atomic mass is 10.0. The molecule has 1 aromatic heterocycles. The number of aromatic amines is 1. The largest absolute Gasteiger partial charge is 0.378 e. The Bertz CT molecular complexity index is 773. The fourth-order valence-corrected chi connectivity index (χ4v) is 3.96. The molecule has 0 saturated carbocycles. The highest BCUT2D eigenvalue weighted by Crippen LogP contribution is 2.35. The van der Waals surface area contributed by atoms with Crippen LogP contribution in [0, 0.1) is 0 Å². The maximum absolute atomic E-state index is 5.75. The number of alkyl halides is 1. The highest BCUT2D eigenvalue weighted by atomic mass is 79.9. The minimum Gasteiger partial charge on any atom is -0.378 e. The van der Waals surface area contributed by atoms with E-state index in [4.69, 9.17) is 4.74 Å². The molecular formula is C18H18BrNO. The first-order chi connectivity index (χ1) is 10.3. The molecule has 3 heteroatoms. The average molecular weight is 344 g/mol. The van der Waals surface area contributed by atoms with Gasteiger partial charge in [-0.15, -0.1) is 0 Å². The molecule has 2 nitrogen and oxygen atoms in total. The monoisotopic (exact) mass is 343 g/mol. The first-order valence-corrected chi connectivity index (χ1v) is 8.49. The van der Waals surface area contributed by atoms with Crippen molar-refractivity contribution >= 4 is 37.7 Å². The Balaban J connectivity index is 1.70. The smallest absolute Gasteiger partial charge is 0.0589 e. The number of H-pyrrole nitrogens is 1. The molecule has 2 unspecified atom stereocenters. The summed E-state index contributed by atoms with van der Waals surface area (Å²) in [6.45, 7) is 0.922. The molecule has 0 aliphatic carbocycles. The Morgan fingerprint density at radius 2 is 2.00 bits per heavy atom. The molecule has 1 N–H and O–H groups in total. The van der Waals surface area contributed by atoms with E-state index in [2.05, 4.69) is 63.4 Å². The second-order valence-electron chi connectivity index (χ2n) is 5.81. The van der Waals surface area contributed by atoms with E-state index < -0.39 is 0 Å². The summed E-state index contributed by atoms with van der Waals surface area (Å²) in [5.41, 5.74) is 3.74. The first kappa shape index (κ1) is 13.4. The molecule has 108 valence electrons. The van der Waals surface area contributed by atoms with Gasteiger partial charge in [0, 0.05) is 33.2 Å². The molecule has 0 amide bonds. The first-order valence-electron chi connectivity index (χ1n) is 7.57. The van der Waals surface area contributed by atoms with Crippen molar-refractivity contribution < 1.29 is 4.74 Å². The predicted molar refractivity (Wildman–Crippen MR) is 91.1 cm³/mol. The average Bonchev–Trinajstić information content (AvgIpc) is 3.13. The Morgan fingerprint density at radius 3 is 2.86 bits per heavy atom. The molecule has 1 fully saturated rings. The van der Waals surface area contributed by atoms with Crippen LogP contribution in [0.15, 0.2) is 42.5 Å². The van der Waals surface area contributed by atoms with Gasteiger partial charge in [-0.2, -0.15) is 0 Å². The van der Waals surface area contributed by atoms with Gasteiger partial charge in [0.1, 0.15) is 0 Å². The fourth-order valence-electron chi connectivity index (χ4n) is 3.26. The molecule has 4 rings (SSSR count). The van der Waals surface area contributed by atoms with Crippen molar-refractivity contribution in [3.05, 3.63) is 48.0 Å². The number of para-hydroxylation sites is 1. The molecule has 1 saturated heterocycles. The van der Waals surface area contributed by atoms with Gasteiger partial charge in [-0.1, -0.05) is 40.2 Å². The number of ether oxygens (including phenoxy) is 1. The number of fused-ring (bicyclic) bond motifs is 3. The van der Waals surface area contributed by atoms with E-state index in [0.29, 0.717) is 10.9 Å². The van der Waals surface area contributed by atoms with Gasteiger partial charge in [-0.05, 0) is 43.0 Å². The second kappa shape index (κ2) is 5.47. The lowest BCUT2D eigenvalue weighted by molar-refractivity contribution is 0.104. The number of halogens is 1. The van der Waals surface area contributed by atoms with Crippen LogP contribution in [0.2, 0.25) is 0 Å². The maximum atomic E-state index is 5.75. The summed E-state index contributed by atoms with van der Waals surface area (Å²) in [6.07, 6.45) is 3.85. The summed E-state index contributed by atoms with van der Waals surface area (Å²) in [4.78, 5) is 3.84. The van der Waals surface area contributed by atoms with E-state index in [-0.39, 0.29) is 0 Å². The van der Waals surface area contributed by atoms with Crippen molar-refractivity contribution in [2.45, 2.75) is 30.2 Å². The van der Waals surface area contributed by atoms with E-state index in [9.17, 15) is 0 Å². The summed E-state index contributed by atoms with van der Waals surface area (Å²) < 4.78 is 5.75. The van der Waals surface area contributed by atoms with Crippen LogP contribution in [0.25, 0.3) is 21.8 Å². The van der Waals surface area contributed by atoms with E-state index >= 15 is 0 Å². The van der Waals surface area contributed by atoms with Crippen LogP contribution in [0.4, 0.5) is 0 Å². The minimum atomic E-state index is 0.360. The molecule has 1 aliphatic rings. The molecule has 2 heterocycles. The van der Waals surface area contributed by atoms with Crippen molar-refractivity contribution in [2.24, 2.45) is 0 Å². The van der Waals surface area contributed by atoms with Gasteiger partial charge in [0.15, 0.2) is 0 Å². The zero-order valence-electron chi connectivity index (χ0n) is 11.8. The highest BCUT2D eigenvalue weighted by molar-refractivity contribution is 9.09. The Hall–Kier alpha value is -1.32. The van der Waals surface area contributed by atoms with Crippen molar-refractivity contribution in [1.29, 1.82) is 0 Å². The quantitative estimate of drug-likeness (QED) is 0.639. The minimum absolute atomic E-state index is 0.360. The van der Waals surface area contributed by atoms with Gasteiger partial charge in [-0.25, -0.2) is 0 Å². The number of hydrogen-bond donors (Lipinski definition) is 1. The predicted octanol–water partition coefficient (Wildman–Crippen LogP) is 5.33. The zero-order valence-corrected chi connectivity index (χ0v) is 13.4. The van der Waals surface area contributed by atoms with Gasteiger partial charge in [0.05, 0.1) is 6.10 Å². The van der Waals surface area contributed by atoms with Gasteiger partial charge in [-0.3, -0.25) is 0 Å². The lowest BCUT2D eigenvalue weighted by Gasteiger charge is -2.15. The van der Waals surface area contributed by atoms with Crippen molar-refractivity contribution in [3.63, 3.8) is 0 Å². The van der Waals surface area contributed by atoms with Crippen molar-refractivity contribution in [1.82, 2.24) is 4.98 Å². The van der Waals surface area contributed by atoms with E-state index in [1.807, 2.05) is 0 Å². The zero-order chi connectivity index (χ0) is 14.2. The van der Waals surface area contributed by atoms with Crippen LogP contribution in [0.3, 0.4) is 0 Å². The van der Waals surface area contributed by atoms with Gasteiger partial charge >= 0.3 is 0 Å². The summed E-state index contributed by atoms with van der Waals surface area (Å²) in [6, 6.07) is 15.2. The van der Waals surface area contributed by atoms with Crippen LogP contribution in [0.5, 0.6) is 0 Å². The Labute approximate surface area is 132 Å². The third-order valence-electron chi connectivity index (χ3n) is 4.39. The molecule has 0 radical (unpaired) electrons. The number of aromatic nitrogens is 1. The third-order valence-corrected chi connectivity index (χ3v) is 5.29. The SMILES string of the molecule is BrC(CC1CCCO1)c1ccc2[nH]c3ccccc3c2c1. The molecule has 0 bridgehead atoms. The van der Waals surface area contributed by atoms with Crippen LogP contribution in [0.1, 0.15) is 29.7 Å². The summed E-state index contributed by atoms with van der Waals surface area (Å²) in [5, 5.41) is 2.60. The molecular weight excluding hydrogens is 326 g/mol. The van der Waals surface area contributed by atoms with Crippen molar-refractivity contribution in [3.8, 4) is 0 Å². The molecule has 2 aromatic carbocycles. The highest BCUT2D eigenvalue weighted by Gasteiger charge is 2.20. The van der Waals surface area contributed by atoms with Gasteiger partial charge < -0.3 is 9.72 Å². The standard InChI is InChI=1S/C18H18BrNO/c19-16(11-13-4-3-9-21-13)12-7-8-18-15(10-12)14-5-1-2-6-17(14)20-18/h1-2,5-8,10,13,16,20H,3-4,9,11H2. The van der Waals surface area contributed by atoms with Crippen LogP contribution >= 0.6 is 15.9 Å². The molecule has 21 heavy (non-hydrogen) atoms. The van der Waals surface area contributed by atoms with Gasteiger partial charge in [0.25, 0.3) is 0 Å². The number of hydrogen-bond acceptors (Lipinski definition) is 1. The van der Waals surface area contributed by atoms with E-state index in [1.54, 1.807) is 0 Å². The van der Waals surface area contributed by atoms with Crippen LogP contribution < -0.4 is 0 Å². The Kier molecular flexibility index (Phi) is 3.48. The summed E-state index contributed by atoms with van der Waals surface area (Å²) in [7, 11) is 0. The van der Waals surface area contributed by atoms with E-state index in [1.165, 1.54) is 40.2 Å². The third kappa shape index (κ3) is 2.49. The van der Waals surface area contributed by atoms with Gasteiger partial charge in [0.2, 0.25) is 0 Å². The second-order valence-corrected chi connectivity index (χ2v) is 6.92. The molecule has 3 aromatic rings. The maximum Gasteiger partial charge on any atom is 0.0589 e. The van der Waals surface area contributed by atoms with Crippen molar-refractivity contribution in [2.75, 3.05) is 6.61 Å². The number of benzene rings is 2. The summed E-state index contributed by atoms with van der Waals surface area (Å²) >= 11 is 3.84. The lowest BCUT2D eigenvalue weighted by Crippen LogP contribution is -2.07. The fraction of sp³-hybridized carbons (Fsp3) is 0.333. The van der Waals surface area contributed by atoms with E-state index in [0.717, 1.165) is 13.0 Å². The van der Waals surface area contributed by atoms with Crippen LogP contribution in [-0.2, 0) is 4.74 Å². The Morgan fingerprint density at radius 1 is 1.14 bits per heavy atom. The molecule has 2 atom stereocenters. The molecule has 1 aliphatic heterocycles. The molecule has 0 spiro atoms.